The van der Waals surface area contributed by atoms with Gasteiger partial charge in [-0.25, -0.2) is 0 Å². The van der Waals surface area contributed by atoms with Crippen LogP contribution in [0.5, 0.6) is 11.5 Å². The van der Waals surface area contributed by atoms with Crippen molar-refractivity contribution in [1.82, 2.24) is 5.32 Å². The van der Waals surface area contributed by atoms with E-state index in [9.17, 15) is 4.79 Å². The second-order valence-electron chi connectivity index (χ2n) is 6.90. The molecule has 5 heteroatoms. The van der Waals surface area contributed by atoms with Crippen molar-refractivity contribution >= 4 is 5.91 Å². The van der Waals surface area contributed by atoms with E-state index in [-0.39, 0.29) is 18.1 Å². The maximum Gasteiger partial charge on any atom is 0.251 e. The average Bonchev–Trinajstić information content (AvgIpc) is 3.26. The predicted octanol–water partition coefficient (Wildman–Crippen LogP) is 2.87. The molecular formula is C19H28N2O3. The molecule has 3 N–H and O–H groups in total. The van der Waals surface area contributed by atoms with Gasteiger partial charge in [0.15, 0.2) is 11.5 Å². The van der Waals surface area contributed by atoms with Crippen LogP contribution in [0, 0.1) is 5.92 Å². The second kappa shape index (κ2) is 7.88. The molecule has 0 aliphatic heterocycles. The minimum Gasteiger partial charge on any atom is -0.493 e. The fourth-order valence-corrected chi connectivity index (χ4v) is 3.85. The molecule has 5 nitrogen and oxygen atoms in total. The highest BCUT2D eigenvalue weighted by molar-refractivity contribution is 5.95. The van der Waals surface area contributed by atoms with Gasteiger partial charge in [0, 0.05) is 11.6 Å². The Morgan fingerprint density at radius 3 is 2.67 bits per heavy atom. The van der Waals surface area contributed by atoms with Crippen LogP contribution in [0.15, 0.2) is 18.2 Å². The number of amides is 1. The Kier molecular flexibility index (Phi) is 5.61. The van der Waals surface area contributed by atoms with E-state index < -0.39 is 0 Å². The Hall–Kier alpha value is -1.75. The number of hydrogen-bond acceptors (Lipinski definition) is 4. The summed E-state index contributed by atoms with van der Waals surface area (Å²) in [5.41, 5.74) is 6.40. The van der Waals surface area contributed by atoms with Gasteiger partial charge in [-0.15, -0.1) is 0 Å². The standard InChI is InChI=1S/C19H28N2O3/c1-23-18-11-13(9-10-17(18)24-15-6-2-3-7-15)19(22)21-16-8-4-5-14(16)12-20/h9-11,14-16H,2-8,12,20H2,1H3,(H,21,22). The quantitative estimate of drug-likeness (QED) is 0.840. The Morgan fingerprint density at radius 1 is 1.17 bits per heavy atom. The molecule has 0 spiro atoms. The lowest BCUT2D eigenvalue weighted by Crippen LogP contribution is -2.39. The van der Waals surface area contributed by atoms with Crippen molar-refractivity contribution in [3.8, 4) is 11.5 Å². The molecule has 1 aromatic carbocycles. The molecule has 2 atom stereocenters. The highest BCUT2D eigenvalue weighted by Crippen LogP contribution is 2.32. The number of methoxy groups -OCH3 is 1. The molecule has 2 fully saturated rings. The van der Waals surface area contributed by atoms with Crippen molar-refractivity contribution in [1.29, 1.82) is 0 Å². The molecule has 1 amide bonds. The fourth-order valence-electron chi connectivity index (χ4n) is 3.85. The largest absolute Gasteiger partial charge is 0.493 e. The van der Waals surface area contributed by atoms with Gasteiger partial charge in [0.2, 0.25) is 0 Å². The lowest BCUT2D eigenvalue weighted by atomic mass is 10.0. The summed E-state index contributed by atoms with van der Waals surface area (Å²) in [6.45, 7) is 0.627. The van der Waals surface area contributed by atoms with Gasteiger partial charge < -0.3 is 20.5 Å². The Labute approximate surface area is 143 Å². The molecule has 0 aromatic heterocycles. The third kappa shape index (κ3) is 3.83. The molecule has 2 unspecified atom stereocenters. The van der Waals surface area contributed by atoms with Crippen LogP contribution in [0.1, 0.15) is 55.3 Å². The van der Waals surface area contributed by atoms with Gasteiger partial charge in [-0.3, -0.25) is 4.79 Å². The van der Waals surface area contributed by atoms with Gasteiger partial charge in [0.25, 0.3) is 5.91 Å². The van der Waals surface area contributed by atoms with Crippen LogP contribution < -0.4 is 20.5 Å². The zero-order chi connectivity index (χ0) is 16.9. The van der Waals surface area contributed by atoms with Crippen molar-refractivity contribution in [3.63, 3.8) is 0 Å². The highest BCUT2D eigenvalue weighted by atomic mass is 16.5. The Bertz CT molecular complexity index is 570. The average molecular weight is 332 g/mol. The molecule has 3 rings (SSSR count). The van der Waals surface area contributed by atoms with Gasteiger partial charge >= 0.3 is 0 Å². The van der Waals surface area contributed by atoms with E-state index in [2.05, 4.69) is 5.32 Å². The van der Waals surface area contributed by atoms with E-state index in [1.165, 1.54) is 12.8 Å². The van der Waals surface area contributed by atoms with E-state index in [1.807, 2.05) is 12.1 Å². The molecule has 24 heavy (non-hydrogen) atoms. The number of rotatable bonds is 6. The van der Waals surface area contributed by atoms with Crippen molar-refractivity contribution in [2.24, 2.45) is 11.7 Å². The number of nitrogens with one attached hydrogen (secondary N) is 1. The molecule has 2 aliphatic carbocycles. The van der Waals surface area contributed by atoms with E-state index >= 15 is 0 Å². The Morgan fingerprint density at radius 2 is 1.96 bits per heavy atom. The number of benzene rings is 1. The first-order valence-corrected chi connectivity index (χ1v) is 9.07. The fraction of sp³-hybridized carbons (Fsp3) is 0.632. The summed E-state index contributed by atoms with van der Waals surface area (Å²) in [7, 11) is 1.61. The van der Waals surface area contributed by atoms with Crippen LogP contribution in [0.25, 0.3) is 0 Å². The lowest BCUT2D eigenvalue weighted by Gasteiger charge is -2.20. The van der Waals surface area contributed by atoms with E-state index in [1.54, 1.807) is 13.2 Å². The number of carbonyl (C=O) groups excluding carboxylic acids is 1. The van der Waals surface area contributed by atoms with E-state index in [0.717, 1.165) is 37.9 Å². The number of carbonyl (C=O) groups is 1. The Balaban J connectivity index is 1.67. The SMILES string of the molecule is COc1cc(C(=O)NC2CCCC2CN)ccc1OC1CCCC1. The van der Waals surface area contributed by atoms with Gasteiger partial charge in [-0.2, -0.15) is 0 Å². The first-order valence-electron chi connectivity index (χ1n) is 9.07. The predicted molar refractivity (Wildman–Crippen MR) is 93.5 cm³/mol. The van der Waals surface area contributed by atoms with Gasteiger partial charge in [-0.1, -0.05) is 6.42 Å². The van der Waals surface area contributed by atoms with Crippen LogP contribution in [0.4, 0.5) is 0 Å². The molecule has 0 heterocycles. The highest BCUT2D eigenvalue weighted by Gasteiger charge is 2.28. The van der Waals surface area contributed by atoms with Crippen LogP contribution in [-0.4, -0.2) is 31.7 Å². The van der Waals surface area contributed by atoms with Crippen molar-refractivity contribution in [3.05, 3.63) is 23.8 Å². The topological polar surface area (TPSA) is 73.6 Å². The molecule has 132 valence electrons. The van der Waals surface area contributed by atoms with Crippen LogP contribution >= 0.6 is 0 Å². The van der Waals surface area contributed by atoms with Gasteiger partial charge in [0.1, 0.15) is 0 Å². The number of nitrogens with two attached hydrogens (primary N) is 1. The first kappa shape index (κ1) is 17.1. The third-order valence-electron chi connectivity index (χ3n) is 5.30. The summed E-state index contributed by atoms with van der Waals surface area (Å²) in [6.07, 6.45) is 8.12. The smallest absolute Gasteiger partial charge is 0.251 e. The molecular weight excluding hydrogens is 304 g/mol. The maximum atomic E-state index is 12.5. The zero-order valence-electron chi connectivity index (χ0n) is 14.4. The van der Waals surface area contributed by atoms with Crippen LogP contribution in [0.2, 0.25) is 0 Å². The van der Waals surface area contributed by atoms with Gasteiger partial charge in [-0.05, 0) is 69.2 Å². The molecule has 2 saturated carbocycles. The third-order valence-corrected chi connectivity index (χ3v) is 5.30. The summed E-state index contributed by atoms with van der Waals surface area (Å²) in [6, 6.07) is 5.62. The second-order valence-corrected chi connectivity index (χ2v) is 6.90. The van der Waals surface area contributed by atoms with Crippen molar-refractivity contribution in [2.45, 2.75) is 57.1 Å². The summed E-state index contributed by atoms with van der Waals surface area (Å²) in [4.78, 5) is 12.5. The summed E-state index contributed by atoms with van der Waals surface area (Å²) >= 11 is 0. The molecule has 0 bridgehead atoms. The number of ether oxygens (including phenoxy) is 2. The van der Waals surface area contributed by atoms with Crippen LogP contribution in [0.3, 0.4) is 0 Å². The first-order chi connectivity index (χ1) is 11.7. The minimum atomic E-state index is -0.0638. The van der Waals surface area contributed by atoms with Crippen LogP contribution in [-0.2, 0) is 0 Å². The number of hydrogen-bond donors (Lipinski definition) is 2. The minimum absolute atomic E-state index is 0.0638. The van der Waals surface area contributed by atoms with Gasteiger partial charge in [0.05, 0.1) is 13.2 Å². The van der Waals surface area contributed by atoms with E-state index in [0.29, 0.717) is 23.8 Å². The lowest BCUT2D eigenvalue weighted by molar-refractivity contribution is 0.0928. The monoisotopic (exact) mass is 332 g/mol. The summed E-state index contributed by atoms with van der Waals surface area (Å²) in [5, 5.41) is 3.12. The zero-order valence-corrected chi connectivity index (χ0v) is 14.4. The molecule has 0 saturated heterocycles. The normalized spacial score (nSPS) is 24.1. The molecule has 0 radical (unpaired) electrons. The van der Waals surface area contributed by atoms with Crippen molar-refractivity contribution < 1.29 is 14.3 Å². The maximum absolute atomic E-state index is 12.5. The van der Waals surface area contributed by atoms with Crippen molar-refractivity contribution in [2.75, 3.05) is 13.7 Å². The summed E-state index contributed by atoms with van der Waals surface area (Å²) in [5.74, 6) is 1.67. The molecule has 2 aliphatic rings. The molecule has 1 aromatic rings. The summed E-state index contributed by atoms with van der Waals surface area (Å²) < 4.78 is 11.5. The van der Waals surface area contributed by atoms with E-state index in [4.69, 9.17) is 15.2 Å².